The van der Waals surface area contributed by atoms with Crippen molar-refractivity contribution in [3.8, 4) is 0 Å². The van der Waals surface area contributed by atoms with Crippen molar-refractivity contribution in [2.45, 2.75) is 38.6 Å². The van der Waals surface area contributed by atoms with Crippen LogP contribution in [0.5, 0.6) is 0 Å². The zero-order valence-electron chi connectivity index (χ0n) is 13.4. The minimum Gasteiger partial charge on any atom is -0.371 e. The van der Waals surface area contributed by atoms with Gasteiger partial charge in [0.2, 0.25) is 0 Å². The number of piperidine rings is 1. The Labute approximate surface area is 131 Å². The summed E-state index contributed by atoms with van der Waals surface area (Å²) in [6.07, 6.45) is 5.17. The second-order valence-electron chi connectivity index (χ2n) is 6.82. The minimum absolute atomic E-state index is 0.0863. The Morgan fingerprint density at radius 1 is 1.09 bits per heavy atom. The van der Waals surface area contributed by atoms with E-state index < -0.39 is 0 Å². The van der Waals surface area contributed by atoms with E-state index in [0.717, 1.165) is 38.9 Å². The summed E-state index contributed by atoms with van der Waals surface area (Å²) in [6.45, 7) is 7.59. The molecular formula is C18H24N4. The molecule has 0 unspecified atom stereocenters. The van der Waals surface area contributed by atoms with E-state index in [0.29, 0.717) is 0 Å². The summed E-state index contributed by atoms with van der Waals surface area (Å²) in [4.78, 5) is 10.5. The molecule has 2 N–H and O–H groups in total. The van der Waals surface area contributed by atoms with E-state index >= 15 is 0 Å². The number of hydrogen-bond donors (Lipinski definition) is 2. The van der Waals surface area contributed by atoms with Crippen molar-refractivity contribution in [1.29, 1.82) is 0 Å². The highest BCUT2D eigenvalue weighted by Gasteiger charge is 2.41. The van der Waals surface area contributed by atoms with Crippen molar-refractivity contribution in [2.24, 2.45) is 0 Å². The normalized spacial score (nSPS) is 20.2. The van der Waals surface area contributed by atoms with E-state index in [1.165, 1.54) is 28.2 Å². The van der Waals surface area contributed by atoms with Crippen LogP contribution in [0.25, 0.3) is 0 Å². The summed E-state index contributed by atoms with van der Waals surface area (Å²) < 4.78 is 0. The fourth-order valence-corrected chi connectivity index (χ4v) is 4.13. The van der Waals surface area contributed by atoms with Gasteiger partial charge in [-0.1, -0.05) is 6.07 Å². The Kier molecular flexibility index (Phi) is 3.22. The molecule has 0 saturated carbocycles. The molecule has 2 aliphatic rings. The number of aromatic amines is 1. The first-order chi connectivity index (χ1) is 10.7. The average Bonchev–Trinajstić information content (AvgIpc) is 2.97. The van der Waals surface area contributed by atoms with Crippen molar-refractivity contribution in [3.05, 3.63) is 47.0 Å². The lowest BCUT2D eigenvalue weighted by atomic mass is 9.80. The molecule has 0 aliphatic carbocycles. The van der Waals surface area contributed by atoms with Gasteiger partial charge in [0.25, 0.3) is 0 Å². The molecule has 116 valence electrons. The van der Waals surface area contributed by atoms with Crippen molar-refractivity contribution in [1.82, 2.24) is 15.3 Å². The van der Waals surface area contributed by atoms with E-state index in [1.807, 2.05) is 6.33 Å². The molecule has 1 saturated heterocycles. The zero-order valence-corrected chi connectivity index (χ0v) is 13.4. The Hall–Kier alpha value is -1.81. The molecule has 1 spiro atoms. The molecule has 2 aliphatic heterocycles. The molecule has 2 aromatic rings. The summed E-state index contributed by atoms with van der Waals surface area (Å²) in [7, 11) is 0. The van der Waals surface area contributed by atoms with Crippen LogP contribution in [-0.2, 0) is 12.0 Å². The molecule has 0 bridgehead atoms. The van der Waals surface area contributed by atoms with Crippen molar-refractivity contribution < 1.29 is 0 Å². The second kappa shape index (κ2) is 5.13. The molecule has 3 heterocycles. The molecule has 4 rings (SSSR count). The topological polar surface area (TPSA) is 44.0 Å². The Morgan fingerprint density at radius 2 is 1.82 bits per heavy atom. The first-order valence-corrected chi connectivity index (χ1v) is 8.27. The zero-order chi connectivity index (χ0) is 15.2. The summed E-state index contributed by atoms with van der Waals surface area (Å²) in [5, 5.41) is 3.76. The number of aromatic nitrogens is 2. The van der Waals surface area contributed by atoms with Gasteiger partial charge in [0.05, 0.1) is 17.6 Å². The maximum atomic E-state index is 4.62. The van der Waals surface area contributed by atoms with Gasteiger partial charge in [-0.15, -0.1) is 0 Å². The Balaban J connectivity index is 1.56. The number of nitrogens with one attached hydrogen (secondary N) is 2. The third kappa shape index (κ3) is 2.22. The van der Waals surface area contributed by atoms with E-state index in [9.17, 15) is 0 Å². The average molecular weight is 296 g/mol. The number of nitrogens with zero attached hydrogens (tertiary/aromatic N) is 2. The third-order valence-electron chi connectivity index (χ3n) is 5.20. The van der Waals surface area contributed by atoms with Gasteiger partial charge < -0.3 is 15.2 Å². The molecule has 0 atom stereocenters. The van der Waals surface area contributed by atoms with Crippen molar-refractivity contribution >= 4 is 5.69 Å². The van der Waals surface area contributed by atoms with Gasteiger partial charge in [0.1, 0.15) is 0 Å². The quantitative estimate of drug-likeness (QED) is 0.850. The summed E-state index contributed by atoms with van der Waals surface area (Å²) >= 11 is 0. The SMILES string of the molecule is Cc1cc(C)cc(N2CCC3(CC2)NCCc2[nH]cnc23)c1. The van der Waals surface area contributed by atoms with E-state index in [4.69, 9.17) is 0 Å². The van der Waals surface area contributed by atoms with Gasteiger partial charge in [0, 0.05) is 37.4 Å². The van der Waals surface area contributed by atoms with Crippen LogP contribution in [-0.4, -0.2) is 29.6 Å². The molecule has 1 fully saturated rings. The predicted octanol–water partition coefficient (Wildman–Crippen LogP) is 2.67. The summed E-state index contributed by atoms with van der Waals surface area (Å²) in [6, 6.07) is 6.85. The van der Waals surface area contributed by atoms with Crippen LogP contribution in [0.2, 0.25) is 0 Å². The van der Waals surface area contributed by atoms with Gasteiger partial charge in [0.15, 0.2) is 0 Å². The number of aryl methyl sites for hydroxylation is 2. The van der Waals surface area contributed by atoms with Crippen LogP contribution in [0.1, 0.15) is 35.4 Å². The highest BCUT2D eigenvalue weighted by Crippen LogP contribution is 2.37. The van der Waals surface area contributed by atoms with Gasteiger partial charge in [-0.2, -0.15) is 0 Å². The lowest BCUT2D eigenvalue weighted by molar-refractivity contribution is 0.243. The number of fused-ring (bicyclic) bond motifs is 2. The minimum atomic E-state index is 0.0863. The number of rotatable bonds is 1. The van der Waals surface area contributed by atoms with E-state index in [2.05, 4.69) is 52.2 Å². The molecule has 4 nitrogen and oxygen atoms in total. The number of imidazole rings is 1. The molecule has 22 heavy (non-hydrogen) atoms. The van der Waals surface area contributed by atoms with Crippen LogP contribution in [0.3, 0.4) is 0 Å². The molecule has 0 radical (unpaired) electrons. The maximum absolute atomic E-state index is 4.62. The number of hydrogen-bond acceptors (Lipinski definition) is 3. The van der Waals surface area contributed by atoms with Crippen molar-refractivity contribution in [3.63, 3.8) is 0 Å². The maximum Gasteiger partial charge on any atom is 0.0926 e. The molecule has 1 aromatic heterocycles. The highest BCUT2D eigenvalue weighted by atomic mass is 15.2. The van der Waals surface area contributed by atoms with Crippen LogP contribution >= 0.6 is 0 Å². The summed E-state index contributed by atoms with van der Waals surface area (Å²) in [5.74, 6) is 0. The van der Waals surface area contributed by atoms with Crippen LogP contribution in [0, 0.1) is 13.8 Å². The monoisotopic (exact) mass is 296 g/mol. The highest BCUT2D eigenvalue weighted by molar-refractivity contribution is 5.51. The van der Waals surface area contributed by atoms with Gasteiger partial charge in [-0.3, -0.25) is 0 Å². The van der Waals surface area contributed by atoms with Gasteiger partial charge in [-0.05, 0) is 49.9 Å². The number of H-pyrrole nitrogens is 1. The third-order valence-corrected chi connectivity index (χ3v) is 5.20. The van der Waals surface area contributed by atoms with Crippen LogP contribution in [0.15, 0.2) is 24.5 Å². The first-order valence-electron chi connectivity index (χ1n) is 8.27. The lowest BCUT2D eigenvalue weighted by Crippen LogP contribution is -2.54. The fourth-order valence-electron chi connectivity index (χ4n) is 4.13. The van der Waals surface area contributed by atoms with Crippen LogP contribution < -0.4 is 10.2 Å². The molecule has 4 heteroatoms. The van der Waals surface area contributed by atoms with Crippen LogP contribution in [0.4, 0.5) is 5.69 Å². The number of benzene rings is 1. The van der Waals surface area contributed by atoms with Crippen molar-refractivity contribution in [2.75, 3.05) is 24.5 Å². The Morgan fingerprint density at radius 3 is 2.55 bits per heavy atom. The second-order valence-corrected chi connectivity index (χ2v) is 6.82. The molecule has 1 aromatic carbocycles. The smallest absolute Gasteiger partial charge is 0.0926 e. The summed E-state index contributed by atoms with van der Waals surface area (Å²) in [5.41, 5.74) is 6.74. The standard InChI is InChI=1S/C18H24N4/c1-13-9-14(2)11-15(10-13)22-7-4-18(5-8-22)17-16(3-6-21-18)19-12-20-17/h9-12,21H,3-8H2,1-2H3,(H,19,20). The van der Waals surface area contributed by atoms with E-state index in [1.54, 1.807) is 0 Å². The van der Waals surface area contributed by atoms with Gasteiger partial charge in [-0.25, -0.2) is 4.98 Å². The number of anilines is 1. The fraction of sp³-hybridized carbons (Fsp3) is 0.500. The lowest BCUT2D eigenvalue weighted by Gasteiger charge is -2.44. The predicted molar refractivity (Wildman–Crippen MR) is 89.3 cm³/mol. The van der Waals surface area contributed by atoms with Gasteiger partial charge >= 0.3 is 0 Å². The first kappa shape index (κ1) is 13.8. The largest absolute Gasteiger partial charge is 0.371 e. The van der Waals surface area contributed by atoms with E-state index in [-0.39, 0.29) is 5.54 Å². The Bertz CT molecular complexity index is 660. The molecule has 0 amide bonds. The molecular weight excluding hydrogens is 272 g/mol.